The molecule has 0 spiro atoms. The van der Waals surface area contributed by atoms with E-state index in [2.05, 4.69) is 6.58 Å². The summed E-state index contributed by atoms with van der Waals surface area (Å²) in [6, 6.07) is 42.2. The van der Waals surface area contributed by atoms with E-state index in [-0.39, 0.29) is 43.8 Å². The van der Waals surface area contributed by atoms with Gasteiger partial charge in [-0.1, -0.05) is 78.9 Å². The Labute approximate surface area is 310 Å². The van der Waals surface area contributed by atoms with Crippen molar-refractivity contribution < 1.29 is 35.8 Å². The standard InChI is InChI=1S/C43H38O8S2/c1-4-34(51-41-15-9-11-17-43(41)53(46,47)39-28-24-37(25-29-39)50-36-20-18-31(2)19-21-36)30-48-35-22-26-38(27-23-35)52(44,45)42-16-10-8-14-40(42)49-32(3)33-12-6-5-7-13-33/h4-29,32,34H,1,30H2,2-3H3. The molecule has 0 saturated carbocycles. The van der Waals surface area contributed by atoms with E-state index in [0.717, 1.165) is 11.1 Å². The molecule has 0 amide bonds. The van der Waals surface area contributed by atoms with E-state index in [1.807, 2.05) is 68.4 Å². The Kier molecular flexibility index (Phi) is 11.3. The first-order chi connectivity index (χ1) is 25.5. The van der Waals surface area contributed by atoms with Crippen LogP contribution < -0.4 is 18.9 Å². The summed E-state index contributed by atoms with van der Waals surface area (Å²) >= 11 is 0. The van der Waals surface area contributed by atoms with Gasteiger partial charge < -0.3 is 18.9 Å². The van der Waals surface area contributed by atoms with Crippen LogP contribution in [0.2, 0.25) is 0 Å². The highest BCUT2D eigenvalue weighted by Crippen LogP contribution is 2.34. The van der Waals surface area contributed by atoms with Crippen molar-refractivity contribution in [1.29, 1.82) is 0 Å². The number of hydrogen-bond acceptors (Lipinski definition) is 8. The Bertz CT molecular complexity index is 2380. The molecule has 0 aliphatic heterocycles. The third kappa shape index (κ3) is 8.80. The second-order valence-corrected chi connectivity index (χ2v) is 16.0. The Hall–Kier alpha value is -5.84. The van der Waals surface area contributed by atoms with Gasteiger partial charge in [0.25, 0.3) is 0 Å². The quantitative estimate of drug-likeness (QED) is 0.0958. The van der Waals surface area contributed by atoms with Crippen LogP contribution in [0.4, 0.5) is 0 Å². The molecule has 0 bridgehead atoms. The van der Waals surface area contributed by atoms with Crippen molar-refractivity contribution in [2.24, 2.45) is 0 Å². The molecule has 10 heteroatoms. The van der Waals surface area contributed by atoms with Crippen LogP contribution in [0.3, 0.4) is 0 Å². The molecule has 6 rings (SSSR count). The summed E-state index contributed by atoms with van der Waals surface area (Å²) in [5.74, 6) is 1.91. The minimum Gasteiger partial charge on any atom is -0.489 e. The molecule has 0 aromatic heterocycles. The summed E-state index contributed by atoms with van der Waals surface area (Å²) in [4.78, 5) is 0.178. The van der Waals surface area contributed by atoms with Crippen LogP contribution in [-0.4, -0.2) is 29.5 Å². The highest BCUT2D eigenvalue weighted by molar-refractivity contribution is 7.92. The normalized spacial score (nSPS) is 12.6. The molecule has 0 heterocycles. The first-order valence-electron chi connectivity index (χ1n) is 16.8. The van der Waals surface area contributed by atoms with E-state index in [4.69, 9.17) is 18.9 Å². The Balaban J connectivity index is 1.11. The lowest BCUT2D eigenvalue weighted by Crippen LogP contribution is -2.23. The molecule has 0 fully saturated rings. The minimum absolute atomic E-state index is 0.0176. The van der Waals surface area contributed by atoms with Gasteiger partial charge in [0.1, 0.15) is 51.2 Å². The van der Waals surface area contributed by atoms with Gasteiger partial charge in [0, 0.05) is 0 Å². The Morgan fingerprint density at radius 3 is 1.55 bits per heavy atom. The van der Waals surface area contributed by atoms with Crippen molar-refractivity contribution in [3.63, 3.8) is 0 Å². The lowest BCUT2D eigenvalue weighted by atomic mass is 10.1. The second-order valence-electron chi connectivity index (χ2n) is 12.1. The third-order valence-electron chi connectivity index (χ3n) is 8.33. The smallest absolute Gasteiger partial charge is 0.210 e. The fourth-order valence-electron chi connectivity index (χ4n) is 5.41. The van der Waals surface area contributed by atoms with E-state index < -0.39 is 25.8 Å². The molecule has 0 aliphatic carbocycles. The van der Waals surface area contributed by atoms with Crippen molar-refractivity contribution in [2.75, 3.05) is 6.61 Å². The number of para-hydroxylation sites is 2. The average molecular weight is 747 g/mol. The molecule has 0 N–H and O–H groups in total. The highest BCUT2D eigenvalue weighted by Gasteiger charge is 2.25. The van der Waals surface area contributed by atoms with Crippen molar-refractivity contribution >= 4 is 19.7 Å². The maximum atomic E-state index is 13.7. The van der Waals surface area contributed by atoms with Gasteiger partial charge in [0.05, 0.1) is 9.79 Å². The minimum atomic E-state index is -3.97. The lowest BCUT2D eigenvalue weighted by molar-refractivity contribution is 0.161. The number of sulfone groups is 2. The van der Waals surface area contributed by atoms with Gasteiger partial charge in [-0.25, -0.2) is 16.8 Å². The number of rotatable bonds is 15. The molecule has 6 aromatic carbocycles. The maximum Gasteiger partial charge on any atom is 0.210 e. The summed E-state index contributed by atoms with van der Waals surface area (Å²) < 4.78 is 78.9. The summed E-state index contributed by atoms with van der Waals surface area (Å²) in [5, 5.41) is 0. The van der Waals surface area contributed by atoms with Gasteiger partial charge in [-0.2, -0.15) is 0 Å². The lowest BCUT2D eigenvalue weighted by Gasteiger charge is -2.19. The summed E-state index contributed by atoms with van der Waals surface area (Å²) in [6.45, 7) is 7.66. The fraction of sp³-hybridized carbons (Fsp3) is 0.116. The van der Waals surface area contributed by atoms with Crippen LogP contribution >= 0.6 is 0 Å². The molecule has 0 saturated heterocycles. The zero-order valence-corrected chi connectivity index (χ0v) is 30.8. The van der Waals surface area contributed by atoms with Crippen molar-refractivity contribution in [1.82, 2.24) is 0 Å². The Morgan fingerprint density at radius 2 is 1.02 bits per heavy atom. The van der Waals surface area contributed by atoms with Gasteiger partial charge in [-0.05, 0) is 110 Å². The fourth-order valence-corrected chi connectivity index (χ4v) is 8.19. The zero-order valence-electron chi connectivity index (χ0n) is 29.2. The van der Waals surface area contributed by atoms with Gasteiger partial charge in [0.2, 0.25) is 19.7 Å². The van der Waals surface area contributed by atoms with Gasteiger partial charge in [-0.15, -0.1) is 0 Å². The molecule has 0 radical (unpaired) electrons. The van der Waals surface area contributed by atoms with E-state index in [1.165, 1.54) is 42.5 Å². The molecular formula is C43H38O8S2. The summed E-state index contributed by atoms with van der Waals surface area (Å²) in [7, 11) is -7.91. The summed E-state index contributed by atoms with van der Waals surface area (Å²) in [6.07, 6.45) is 0.398. The molecule has 2 atom stereocenters. The number of benzene rings is 6. The topological polar surface area (TPSA) is 105 Å². The third-order valence-corrected chi connectivity index (χ3v) is 11.9. The Morgan fingerprint density at radius 1 is 0.566 bits per heavy atom. The molecular weight excluding hydrogens is 709 g/mol. The van der Waals surface area contributed by atoms with Crippen LogP contribution in [0.15, 0.2) is 184 Å². The molecule has 270 valence electrons. The monoisotopic (exact) mass is 746 g/mol. The van der Waals surface area contributed by atoms with Gasteiger partial charge in [0.15, 0.2) is 6.10 Å². The van der Waals surface area contributed by atoms with Crippen LogP contribution in [0, 0.1) is 6.92 Å². The van der Waals surface area contributed by atoms with E-state index >= 15 is 0 Å². The predicted octanol–water partition coefficient (Wildman–Crippen LogP) is 9.61. The predicted molar refractivity (Wildman–Crippen MR) is 204 cm³/mol. The van der Waals surface area contributed by atoms with Crippen LogP contribution in [0.25, 0.3) is 0 Å². The van der Waals surface area contributed by atoms with Crippen molar-refractivity contribution in [3.8, 4) is 28.7 Å². The van der Waals surface area contributed by atoms with Crippen LogP contribution in [-0.2, 0) is 19.7 Å². The summed E-state index contributed by atoms with van der Waals surface area (Å²) in [5.41, 5.74) is 2.02. The molecule has 8 nitrogen and oxygen atoms in total. The van der Waals surface area contributed by atoms with E-state index in [0.29, 0.717) is 17.2 Å². The molecule has 2 unspecified atom stereocenters. The number of hydrogen-bond donors (Lipinski definition) is 0. The van der Waals surface area contributed by atoms with E-state index in [9.17, 15) is 16.8 Å². The maximum absolute atomic E-state index is 13.7. The SMILES string of the molecule is C=CC(COc1ccc(S(=O)(=O)c2ccccc2OC(C)c2ccccc2)cc1)Oc1ccccc1S(=O)(=O)c1ccc(Oc2ccc(C)cc2)cc1. The highest BCUT2D eigenvalue weighted by atomic mass is 32.2. The second kappa shape index (κ2) is 16.2. The number of aryl methyl sites for hydroxylation is 1. The van der Waals surface area contributed by atoms with Gasteiger partial charge in [-0.3, -0.25) is 0 Å². The van der Waals surface area contributed by atoms with Crippen LogP contribution in [0.5, 0.6) is 28.7 Å². The number of ether oxygens (including phenoxy) is 4. The first-order valence-corrected chi connectivity index (χ1v) is 19.8. The molecule has 6 aromatic rings. The zero-order chi connectivity index (χ0) is 37.4. The molecule has 53 heavy (non-hydrogen) atoms. The molecule has 0 aliphatic rings. The first kappa shape index (κ1) is 36.9. The van der Waals surface area contributed by atoms with Gasteiger partial charge >= 0.3 is 0 Å². The largest absolute Gasteiger partial charge is 0.489 e. The van der Waals surface area contributed by atoms with Crippen molar-refractivity contribution in [2.45, 2.75) is 45.6 Å². The van der Waals surface area contributed by atoms with Crippen molar-refractivity contribution in [3.05, 3.63) is 175 Å². The average Bonchev–Trinajstić information content (AvgIpc) is 3.18. The van der Waals surface area contributed by atoms with Crippen LogP contribution in [0.1, 0.15) is 24.2 Å². The van der Waals surface area contributed by atoms with E-state index in [1.54, 1.807) is 60.7 Å².